The molecule has 9 rings (SSSR count). The molecule has 0 amide bonds. The zero-order valence-corrected chi connectivity index (χ0v) is 25.4. The van der Waals surface area contributed by atoms with Gasteiger partial charge < -0.3 is 24.8 Å². The van der Waals surface area contributed by atoms with Crippen LogP contribution in [0.5, 0.6) is 17.5 Å². The van der Waals surface area contributed by atoms with Crippen molar-refractivity contribution in [2.45, 2.75) is 75.3 Å². The van der Waals surface area contributed by atoms with Gasteiger partial charge in [-0.25, -0.2) is 8.78 Å². The van der Waals surface area contributed by atoms with E-state index in [0.29, 0.717) is 53.7 Å². The van der Waals surface area contributed by atoms with Crippen LogP contribution < -0.4 is 19.7 Å². The lowest BCUT2D eigenvalue weighted by molar-refractivity contribution is 0.107. The van der Waals surface area contributed by atoms with Gasteiger partial charge in [-0.1, -0.05) is 25.1 Å². The number of phenolic OH excluding ortho intramolecular Hbond substituents is 1. The Labute approximate surface area is 260 Å². The molecule has 8 nitrogen and oxygen atoms in total. The van der Waals surface area contributed by atoms with Gasteiger partial charge in [0.15, 0.2) is 5.82 Å². The van der Waals surface area contributed by atoms with E-state index in [2.05, 4.69) is 22.0 Å². The predicted octanol–water partition coefficient (Wildman–Crippen LogP) is 5.51. The number of aryl methyl sites for hydroxylation is 1. The fourth-order valence-corrected chi connectivity index (χ4v) is 8.95. The van der Waals surface area contributed by atoms with Crippen molar-refractivity contribution in [3.05, 3.63) is 47.8 Å². The number of nitrogens with one attached hydrogen (secondary N) is 1. The van der Waals surface area contributed by atoms with Crippen LogP contribution in [0.3, 0.4) is 0 Å². The SMILES string of the molecule is CCc1cccc2cc(O)cc(-c3cc4c5c(nc(OC[C@@]67CCCN6C[C@H](F)C7)nc5c3F)N3C[C@@H]5CCC(N5)[C@H]3CO4)c12. The van der Waals surface area contributed by atoms with E-state index < -0.39 is 12.0 Å². The zero-order valence-electron chi connectivity index (χ0n) is 25.4. The number of hydrogen-bond acceptors (Lipinski definition) is 8. The van der Waals surface area contributed by atoms with Crippen LogP contribution in [0.1, 0.15) is 44.6 Å². The second-order valence-electron chi connectivity index (χ2n) is 13.6. The molecule has 234 valence electrons. The fourth-order valence-electron chi connectivity index (χ4n) is 8.95. The molecule has 1 aromatic heterocycles. The minimum atomic E-state index is -0.877. The molecule has 5 aliphatic heterocycles. The smallest absolute Gasteiger partial charge is 0.319 e. The number of ether oxygens (including phenoxy) is 2. The number of fused-ring (bicyclic) bond motifs is 7. The van der Waals surface area contributed by atoms with E-state index >= 15 is 4.39 Å². The summed E-state index contributed by atoms with van der Waals surface area (Å²) < 4.78 is 44.5. The predicted molar refractivity (Wildman–Crippen MR) is 169 cm³/mol. The van der Waals surface area contributed by atoms with Gasteiger partial charge in [0.1, 0.15) is 42.2 Å². The van der Waals surface area contributed by atoms with Crippen LogP contribution in [0.2, 0.25) is 0 Å². The first-order valence-corrected chi connectivity index (χ1v) is 16.4. The maximum absolute atomic E-state index is 17.1. The summed E-state index contributed by atoms with van der Waals surface area (Å²) in [4.78, 5) is 14.1. The molecule has 0 spiro atoms. The Morgan fingerprint density at radius 2 is 2.04 bits per heavy atom. The van der Waals surface area contributed by atoms with Crippen molar-refractivity contribution in [3.63, 3.8) is 0 Å². The molecule has 2 N–H and O–H groups in total. The zero-order chi connectivity index (χ0) is 30.4. The minimum Gasteiger partial charge on any atom is -0.508 e. The van der Waals surface area contributed by atoms with Gasteiger partial charge in [-0.2, -0.15) is 9.97 Å². The summed E-state index contributed by atoms with van der Waals surface area (Å²) in [7, 11) is 0. The summed E-state index contributed by atoms with van der Waals surface area (Å²) in [5.41, 5.74) is 1.71. The summed E-state index contributed by atoms with van der Waals surface area (Å²) in [5.74, 6) is 0.703. The Bertz CT molecular complexity index is 1850. The molecule has 1 unspecified atom stereocenters. The van der Waals surface area contributed by atoms with Crippen LogP contribution in [0.4, 0.5) is 14.6 Å². The monoisotopic (exact) mass is 613 g/mol. The van der Waals surface area contributed by atoms with Gasteiger partial charge in [0.05, 0.1) is 17.0 Å². The molecule has 0 saturated carbocycles. The average molecular weight is 614 g/mol. The highest BCUT2D eigenvalue weighted by Gasteiger charge is 2.50. The normalized spacial score (nSPS) is 28.7. The Hall–Kier alpha value is -3.76. The maximum Gasteiger partial charge on any atom is 0.319 e. The lowest BCUT2D eigenvalue weighted by atomic mass is 9.92. The Morgan fingerprint density at radius 3 is 2.93 bits per heavy atom. The molecule has 5 atom stereocenters. The van der Waals surface area contributed by atoms with Crippen molar-refractivity contribution in [1.82, 2.24) is 20.2 Å². The summed E-state index contributed by atoms with van der Waals surface area (Å²) in [6, 6.07) is 11.7. The minimum absolute atomic E-state index is 0.0213. The Kier molecular flexibility index (Phi) is 6.20. The van der Waals surface area contributed by atoms with Crippen molar-refractivity contribution >= 4 is 27.5 Å². The number of anilines is 1. The second kappa shape index (κ2) is 10.1. The number of benzene rings is 3. The molecule has 0 aliphatic carbocycles. The number of nitrogens with zero attached hydrogens (tertiary/aromatic N) is 4. The first-order valence-electron chi connectivity index (χ1n) is 16.4. The maximum atomic E-state index is 17.1. The van der Waals surface area contributed by atoms with Crippen LogP contribution in [-0.4, -0.2) is 82.7 Å². The lowest BCUT2D eigenvalue weighted by Gasteiger charge is -2.40. The number of aromatic nitrogens is 2. The van der Waals surface area contributed by atoms with Gasteiger partial charge in [0.2, 0.25) is 0 Å². The van der Waals surface area contributed by atoms with E-state index in [1.165, 1.54) is 0 Å². The van der Waals surface area contributed by atoms with Crippen LogP contribution in [-0.2, 0) is 6.42 Å². The molecule has 0 radical (unpaired) electrons. The molecule has 4 fully saturated rings. The number of alkyl halides is 1. The van der Waals surface area contributed by atoms with E-state index in [-0.39, 0.29) is 41.5 Å². The number of halogens is 2. The second-order valence-corrected chi connectivity index (χ2v) is 13.6. The third-order valence-electron chi connectivity index (χ3n) is 11.0. The van der Waals surface area contributed by atoms with E-state index in [4.69, 9.17) is 19.4 Å². The highest BCUT2D eigenvalue weighted by Crippen LogP contribution is 2.47. The molecule has 6 heterocycles. The van der Waals surface area contributed by atoms with Crippen molar-refractivity contribution < 1.29 is 23.4 Å². The third kappa shape index (κ3) is 4.21. The Balaban J connectivity index is 1.24. The molecule has 3 aromatic carbocycles. The van der Waals surface area contributed by atoms with Crippen molar-refractivity contribution in [2.24, 2.45) is 0 Å². The summed E-state index contributed by atoms with van der Waals surface area (Å²) in [6.07, 6.45) is 4.28. The van der Waals surface area contributed by atoms with Gasteiger partial charge in [-0.3, -0.25) is 4.90 Å². The highest BCUT2D eigenvalue weighted by atomic mass is 19.1. The molecule has 5 aliphatic rings. The number of rotatable bonds is 5. The molecule has 2 bridgehead atoms. The van der Waals surface area contributed by atoms with Gasteiger partial charge in [0, 0.05) is 37.2 Å². The molecule has 45 heavy (non-hydrogen) atoms. The molecule has 4 saturated heterocycles. The van der Waals surface area contributed by atoms with Crippen LogP contribution in [0.25, 0.3) is 32.8 Å². The van der Waals surface area contributed by atoms with Crippen LogP contribution in [0.15, 0.2) is 36.4 Å². The van der Waals surface area contributed by atoms with E-state index in [1.807, 2.05) is 18.2 Å². The number of piperazine rings is 1. The van der Waals surface area contributed by atoms with Crippen molar-refractivity contribution in [2.75, 3.05) is 37.7 Å². The number of aromatic hydroxyl groups is 1. The highest BCUT2D eigenvalue weighted by molar-refractivity contribution is 6.05. The number of phenols is 1. The van der Waals surface area contributed by atoms with Crippen LogP contribution >= 0.6 is 0 Å². The largest absolute Gasteiger partial charge is 0.508 e. The third-order valence-corrected chi connectivity index (χ3v) is 11.0. The van der Waals surface area contributed by atoms with Crippen LogP contribution in [0, 0.1) is 5.82 Å². The van der Waals surface area contributed by atoms with E-state index in [0.717, 1.165) is 61.5 Å². The standard InChI is InChI=1S/C35H37F2N5O3/c1-2-19-5-3-6-20-11-23(43)12-24(29(19)20)25-13-28-30-32(31(25)37)39-34(45-18-35-9-4-10-41(35)15-21(36)14-35)40-33(30)42-16-22-7-8-26(38-22)27(42)17-44-28/h3,5-6,11-13,21-22,26-27,38,43H,2,4,7-10,14-18H2,1H3/t21-,22+,26?,27-,35+/m1/s1. The van der Waals surface area contributed by atoms with Crippen molar-refractivity contribution in [1.29, 1.82) is 0 Å². The molecule has 4 aromatic rings. The fraction of sp³-hybridized carbons (Fsp3) is 0.486. The van der Waals surface area contributed by atoms with Gasteiger partial charge in [0.25, 0.3) is 0 Å². The Morgan fingerprint density at radius 1 is 1.13 bits per heavy atom. The lowest BCUT2D eigenvalue weighted by Crippen LogP contribution is -2.60. The molecular weight excluding hydrogens is 576 g/mol. The summed E-state index contributed by atoms with van der Waals surface area (Å²) in [5, 5.41) is 16.7. The summed E-state index contributed by atoms with van der Waals surface area (Å²) >= 11 is 0. The van der Waals surface area contributed by atoms with Gasteiger partial charge >= 0.3 is 6.01 Å². The summed E-state index contributed by atoms with van der Waals surface area (Å²) in [6.45, 7) is 4.77. The van der Waals surface area contributed by atoms with Gasteiger partial charge in [-0.15, -0.1) is 0 Å². The van der Waals surface area contributed by atoms with E-state index in [1.54, 1.807) is 18.2 Å². The first-order chi connectivity index (χ1) is 21.9. The molecule has 10 heteroatoms. The van der Waals surface area contributed by atoms with E-state index in [9.17, 15) is 9.50 Å². The first kappa shape index (κ1) is 27.5. The molecular formula is C35H37F2N5O3. The quantitative estimate of drug-likeness (QED) is 0.305. The average Bonchev–Trinajstić information content (AvgIpc) is 3.67. The van der Waals surface area contributed by atoms with Gasteiger partial charge in [-0.05, 0) is 78.7 Å². The number of hydrogen-bond donors (Lipinski definition) is 2. The topological polar surface area (TPSA) is 83.0 Å². The van der Waals surface area contributed by atoms with Crippen molar-refractivity contribution in [3.8, 4) is 28.6 Å².